The molecule has 0 fully saturated rings. The fourth-order valence-corrected chi connectivity index (χ4v) is 2.78. The Morgan fingerprint density at radius 1 is 0.750 bits per heavy atom. The number of hydrogen-bond donors (Lipinski definition) is 0. The lowest BCUT2D eigenvalue weighted by atomic mass is 10.2. The molecule has 0 bridgehead atoms. The van der Waals surface area contributed by atoms with Gasteiger partial charge in [0, 0.05) is 5.75 Å². The fraction of sp³-hybridized carbons (Fsp3) is 1.00. The van der Waals surface area contributed by atoms with Crippen LogP contribution in [0.3, 0.4) is 0 Å². The van der Waals surface area contributed by atoms with Crippen molar-refractivity contribution in [1.29, 1.82) is 0 Å². The van der Waals surface area contributed by atoms with Gasteiger partial charge in [-0.25, -0.2) is 8.42 Å². The molecule has 0 aromatic heterocycles. The van der Waals surface area contributed by atoms with Crippen molar-refractivity contribution in [1.82, 2.24) is 0 Å². The van der Waals surface area contributed by atoms with Crippen molar-refractivity contribution in [3.8, 4) is 0 Å². The minimum atomic E-state index is -3.96. The highest BCUT2D eigenvalue weighted by molar-refractivity contribution is 7.85. The summed E-state index contributed by atoms with van der Waals surface area (Å²) < 4.78 is 31.6. The lowest BCUT2D eigenvalue weighted by Gasteiger charge is -2.34. The molecule has 20 heavy (non-hydrogen) atoms. The van der Waals surface area contributed by atoms with Crippen LogP contribution in [0.25, 0.3) is 0 Å². The minimum Gasteiger partial charge on any atom is -0.748 e. The Bertz CT molecular complexity index is 281. The molecule has 0 radical (unpaired) electrons. The van der Waals surface area contributed by atoms with Crippen LogP contribution in [0.4, 0.5) is 0 Å². The van der Waals surface area contributed by atoms with Crippen molar-refractivity contribution < 1.29 is 17.5 Å². The van der Waals surface area contributed by atoms with Gasteiger partial charge in [0.2, 0.25) is 0 Å². The Balaban J connectivity index is 0. The summed E-state index contributed by atoms with van der Waals surface area (Å²) in [5.41, 5.74) is 0. The highest BCUT2D eigenvalue weighted by Crippen LogP contribution is 2.03. The number of unbranched alkanes of at least 4 members (excludes halogenated alkanes) is 4. The van der Waals surface area contributed by atoms with E-state index in [0.29, 0.717) is 6.42 Å². The summed E-state index contributed by atoms with van der Waals surface area (Å²) in [6.07, 6.45) is 4.66. The summed E-state index contributed by atoms with van der Waals surface area (Å²) in [5, 5.41) is 0. The first-order valence-corrected chi connectivity index (χ1v) is 9.67. The molecule has 0 rings (SSSR count). The summed E-state index contributed by atoms with van der Waals surface area (Å²) in [6.45, 7) is 16.3. The van der Waals surface area contributed by atoms with Gasteiger partial charge < -0.3 is 9.04 Å². The van der Waals surface area contributed by atoms with Gasteiger partial charge in [0.25, 0.3) is 0 Å². The normalized spacial score (nSPS) is 11.9. The maximum atomic E-state index is 10.1. The second-order valence-corrected chi connectivity index (χ2v) is 6.81. The highest BCUT2D eigenvalue weighted by Gasteiger charge is 2.16. The molecule has 0 aromatic rings. The van der Waals surface area contributed by atoms with Crippen LogP contribution in [-0.2, 0) is 10.1 Å². The van der Waals surface area contributed by atoms with Crippen molar-refractivity contribution in [3.63, 3.8) is 0 Å². The molecule has 5 heteroatoms. The number of quaternary nitrogens is 1. The molecule has 0 aliphatic carbocycles. The summed E-state index contributed by atoms with van der Waals surface area (Å²) in [5.74, 6) is -0.198. The second kappa shape index (κ2) is 12.6. The van der Waals surface area contributed by atoms with Crippen LogP contribution in [0.15, 0.2) is 0 Å². The van der Waals surface area contributed by atoms with Gasteiger partial charge in [-0.2, -0.15) is 0 Å². The lowest BCUT2D eigenvalue weighted by Crippen LogP contribution is -2.47. The van der Waals surface area contributed by atoms with Crippen LogP contribution in [0.5, 0.6) is 0 Å². The first-order valence-electron chi connectivity index (χ1n) is 8.09. The van der Waals surface area contributed by atoms with Gasteiger partial charge in [-0.1, -0.05) is 32.6 Å². The molecule has 0 aliphatic heterocycles. The first kappa shape index (κ1) is 22.2. The Labute approximate surface area is 126 Å². The standard InChI is InChI=1S/C8H20N.C7H16O3S/c1-5-9(6-2,7-3)8-4;1-2-3-4-5-6-7-11(8,9)10/h5-8H2,1-4H3;2-7H2,1H3,(H,8,9,10)/q+1;/p-1. The van der Waals surface area contributed by atoms with E-state index in [1.165, 1.54) is 30.7 Å². The Morgan fingerprint density at radius 2 is 1.15 bits per heavy atom. The molecule has 0 saturated heterocycles. The predicted molar refractivity (Wildman–Crippen MR) is 85.7 cm³/mol. The zero-order chi connectivity index (χ0) is 16.1. The van der Waals surface area contributed by atoms with Crippen LogP contribution in [0, 0.1) is 0 Å². The average Bonchev–Trinajstić information content (AvgIpc) is 2.41. The van der Waals surface area contributed by atoms with Crippen molar-refractivity contribution in [3.05, 3.63) is 0 Å². The molecule has 124 valence electrons. The van der Waals surface area contributed by atoms with Gasteiger partial charge in [-0.05, 0) is 34.1 Å². The van der Waals surface area contributed by atoms with Gasteiger partial charge in [0.05, 0.1) is 36.3 Å². The predicted octanol–water partition coefficient (Wildman–Crippen LogP) is 3.38. The Hall–Kier alpha value is -0.130. The van der Waals surface area contributed by atoms with E-state index in [1.807, 2.05) is 0 Å². The number of rotatable bonds is 10. The molecule has 0 atom stereocenters. The van der Waals surface area contributed by atoms with Crippen LogP contribution < -0.4 is 0 Å². The van der Waals surface area contributed by atoms with Crippen LogP contribution >= 0.6 is 0 Å². The third kappa shape index (κ3) is 12.9. The molecule has 4 nitrogen and oxygen atoms in total. The van der Waals surface area contributed by atoms with Gasteiger partial charge >= 0.3 is 0 Å². The Kier molecular flexibility index (Phi) is 14.0. The van der Waals surface area contributed by atoms with Gasteiger partial charge in [0.15, 0.2) is 0 Å². The quantitative estimate of drug-likeness (QED) is 0.353. The topological polar surface area (TPSA) is 57.2 Å². The van der Waals surface area contributed by atoms with Crippen molar-refractivity contribution in [2.75, 3.05) is 31.9 Å². The van der Waals surface area contributed by atoms with Crippen molar-refractivity contribution in [2.45, 2.75) is 66.7 Å². The van der Waals surface area contributed by atoms with Gasteiger partial charge in [-0.3, -0.25) is 0 Å². The molecule has 0 amide bonds. The van der Waals surface area contributed by atoms with Crippen LogP contribution in [-0.4, -0.2) is 49.4 Å². The van der Waals surface area contributed by atoms with E-state index in [2.05, 4.69) is 34.6 Å². The number of nitrogens with zero attached hydrogens (tertiary/aromatic N) is 1. The van der Waals surface area contributed by atoms with E-state index in [0.717, 1.165) is 25.7 Å². The smallest absolute Gasteiger partial charge is 0.0945 e. The molecule has 0 aliphatic rings. The summed E-state index contributed by atoms with van der Waals surface area (Å²) >= 11 is 0. The zero-order valence-electron chi connectivity index (χ0n) is 14.2. The van der Waals surface area contributed by atoms with Crippen molar-refractivity contribution in [2.24, 2.45) is 0 Å². The monoisotopic (exact) mass is 309 g/mol. The van der Waals surface area contributed by atoms with Gasteiger partial charge in [0.1, 0.15) is 0 Å². The molecule has 0 aromatic carbocycles. The molecule has 0 saturated carbocycles. The maximum absolute atomic E-state index is 10.1. The van der Waals surface area contributed by atoms with Crippen LogP contribution in [0.2, 0.25) is 0 Å². The summed E-state index contributed by atoms with van der Waals surface area (Å²) in [7, 11) is -3.96. The molecular weight excluding hydrogens is 274 g/mol. The van der Waals surface area contributed by atoms with E-state index in [-0.39, 0.29) is 5.75 Å². The highest BCUT2D eigenvalue weighted by atomic mass is 32.2. The maximum Gasteiger partial charge on any atom is 0.0945 e. The molecule has 0 N–H and O–H groups in total. The largest absolute Gasteiger partial charge is 0.748 e. The minimum absolute atomic E-state index is 0.198. The third-order valence-electron chi connectivity index (χ3n) is 4.18. The average molecular weight is 310 g/mol. The first-order chi connectivity index (χ1) is 9.30. The molecule has 0 spiro atoms. The third-order valence-corrected chi connectivity index (χ3v) is 4.97. The molecule has 0 heterocycles. The van der Waals surface area contributed by atoms with E-state index in [1.54, 1.807) is 0 Å². The van der Waals surface area contributed by atoms with Crippen LogP contribution in [0.1, 0.15) is 66.7 Å². The number of hydrogen-bond acceptors (Lipinski definition) is 3. The summed E-state index contributed by atoms with van der Waals surface area (Å²) in [4.78, 5) is 0. The summed E-state index contributed by atoms with van der Waals surface area (Å²) in [6, 6.07) is 0. The van der Waals surface area contributed by atoms with E-state index in [4.69, 9.17) is 0 Å². The fourth-order valence-electron chi connectivity index (χ4n) is 2.22. The zero-order valence-corrected chi connectivity index (χ0v) is 15.0. The molecular formula is C15H35NO3S. The van der Waals surface area contributed by atoms with E-state index < -0.39 is 10.1 Å². The molecule has 0 unspecified atom stereocenters. The van der Waals surface area contributed by atoms with E-state index in [9.17, 15) is 13.0 Å². The van der Waals surface area contributed by atoms with E-state index >= 15 is 0 Å². The van der Waals surface area contributed by atoms with Gasteiger partial charge in [-0.15, -0.1) is 0 Å². The second-order valence-electron chi connectivity index (χ2n) is 5.28. The SMILES string of the molecule is CCCCCCCS(=O)(=O)[O-].CC[N+](CC)(CC)CC. The lowest BCUT2D eigenvalue weighted by molar-refractivity contribution is -0.921. The van der Waals surface area contributed by atoms with Crippen molar-refractivity contribution >= 4 is 10.1 Å². The Morgan fingerprint density at radius 3 is 1.40 bits per heavy atom.